The number of fused-ring (bicyclic) bond motifs is 1. The van der Waals surface area contributed by atoms with E-state index in [-0.39, 0.29) is 12.2 Å². The summed E-state index contributed by atoms with van der Waals surface area (Å²) in [6.45, 7) is 8.34. The molecule has 0 N–H and O–H groups in total. The number of aromatic nitrogens is 3. The Balaban J connectivity index is 1.05. The van der Waals surface area contributed by atoms with Gasteiger partial charge < -0.3 is 28.2 Å². The lowest BCUT2D eigenvalue weighted by molar-refractivity contribution is 0.0252. The highest BCUT2D eigenvalue weighted by Crippen LogP contribution is 2.39. The van der Waals surface area contributed by atoms with Crippen molar-refractivity contribution in [2.75, 3.05) is 19.7 Å². The predicted octanol–water partition coefficient (Wildman–Crippen LogP) is 7.62. The van der Waals surface area contributed by atoms with Crippen molar-refractivity contribution < 1.29 is 19.0 Å². The molecule has 0 spiro atoms. The molecule has 4 aromatic rings. The van der Waals surface area contributed by atoms with Crippen molar-refractivity contribution in [1.82, 2.24) is 19.0 Å². The second-order valence-electron chi connectivity index (χ2n) is 12.5. The number of rotatable bonds is 8. The van der Waals surface area contributed by atoms with Crippen LogP contribution in [0, 0.1) is 0 Å². The number of nitrogens with zero attached hydrogens (tertiary/aromatic N) is 4. The minimum Gasteiger partial charge on any atom is -0.492 e. The molecule has 1 aliphatic carbocycles. The number of hydrogen-bond acceptors (Lipinski definition) is 6. The van der Waals surface area contributed by atoms with E-state index in [2.05, 4.69) is 39.9 Å². The fourth-order valence-electron chi connectivity index (χ4n) is 5.88. The standard InChI is InChI=1S/C33H42N4O4S/c1-33(2,3)41-32(38)36-16-6-9-25(14-17-36)40-26-12-10-24(11-13-26)39-19-18-37-29(23-7-5-8-23)22-34-31(37)28-21-30-27(35(28)4)15-20-42-30/h10-13,15,20-23,25H,5-9,14,16-19H2,1-4H3. The van der Waals surface area contributed by atoms with Crippen molar-refractivity contribution in [2.24, 2.45) is 7.05 Å². The van der Waals surface area contributed by atoms with E-state index >= 15 is 0 Å². The van der Waals surface area contributed by atoms with Crippen LogP contribution in [0.2, 0.25) is 0 Å². The highest BCUT2D eigenvalue weighted by Gasteiger charge is 2.27. The van der Waals surface area contributed by atoms with Crippen LogP contribution in [0.1, 0.15) is 70.9 Å². The van der Waals surface area contributed by atoms with Gasteiger partial charge >= 0.3 is 6.09 Å². The maximum atomic E-state index is 12.5. The first-order valence-electron chi connectivity index (χ1n) is 15.2. The maximum Gasteiger partial charge on any atom is 0.410 e. The van der Waals surface area contributed by atoms with Crippen LogP contribution < -0.4 is 9.47 Å². The second-order valence-corrected chi connectivity index (χ2v) is 13.5. The van der Waals surface area contributed by atoms with Gasteiger partial charge in [-0.1, -0.05) is 6.42 Å². The normalized spacial score (nSPS) is 18.1. The molecule has 1 amide bonds. The van der Waals surface area contributed by atoms with Gasteiger partial charge in [-0.15, -0.1) is 11.3 Å². The number of aryl methyl sites for hydroxylation is 1. The predicted molar refractivity (Wildman–Crippen MR) is 167 cm³/mol. The number of ether oxygens (including phenoxy) is 3. The molecule has 9 heteroatoms. The first-order chi connectivity index (χ1) is 20.2. The number of imidazole rings is 1. The van der Waals surface area contributed by atoms with E-state index in [1.54, 1.807) is 16.2 Å². The third-order valence-corrected chi connectivity index (χ3v) is 9.19. The van der Waals surface area contributed by atoms with Crippen LogP contribution in [0.25, 0.3) is 21.7 Å². The lowest BCUT2D eigenvalue weighted by atomic mass is 9.83. The van der Waals surface area contributed by atoms with E-state index in [0.717, 1.165) is 48.8 Å². The van der Waals surface area contributed by atoms with Gasteiger partial charge in [-0.05, 0) is 88.2 Å². The minimum absolute atomic E-state index is 0.0709. The van der Waals surface area contributed by atoms with E-state index in [1.165, 1.54) is 35.2 Å². The summed E-state index contributed by atoms with van der Waals surface area (Å²) in [5, 5.41) is 2.14. The van der Waals surface area contributed by atoms with Gasteiger partial charge in [-0.3, -0.25) is 0 Å². The molecule has 1 saturated carbocycles. The average Bonchev–Trinajstić information content (AvgIpc) is 3.56. The van der Waals surface area contributed by atoms with Crippen LogP contribution in [-0.4, -0.2) is 56.5 Å². The first-order valence-corrected chi connectivity index (χ1v) is 16.1. The van der Waals surface area contributed by atoms with Crippen LogP contribution >= 0.6 is 11.3 Å². The smallest absolute Gasteiger partial charge is 0.410 e. The molecule has 1 aliphatic heterocycles. The number of amides is 1. The van der Waals surface area contributed by atoms with Gasteiger partial charge in [0.25, 0.3) is 0 Å². The molecular formula is C33H42N4O4S. The number of carbonyl (C=O) groups is 1. The van der Waals surface area contributed by atoms with Crippen LogP contribution in [0.4, 0.5) is 4.79 Å². The van der Waals surface area contributed by atoms with Gasteiger partial charge in [0.05, 0.1) is 22.5 Å². The molecule has 6 rings (SSSR count). The Kier molecular flexibility index (Phi) is 8.21. The number of likely N-dealkylation sites (tertiary alicyclic amines) is 1. The van der Waals surface area contributed by atoms with Crippen LogP contribution in [0.3, 0.4) is 0 Å². The third kappa shape index (κ3) is 6.31. The van der Waals surface area contributed by atoms with Crippen LogP contribution in [0.5, 0.6) is 11.5 Å². The molecule has 42 heavy (non-hydrogen) atoms. The highest BCUT2D eigenvalue weighted by molar-refractivity contribution is 7.17. The Bertz CT molecular complexity index is 1510. The fourth-order valence-corrected chi connectivity index (χ4v) is 6.73. The Morgan fingerprint density at radius 3 is 2.52 bits per heavy atom. The lowest BCUT2D eigenvalue weighted by Gasteiger charge is -2.27. The molecule has 2 fully saturated rings. The van der Waals surface area contributed by atoms with Crippen LogP contribution in [-0.2, 0) is 18.3 Å². The van der Waals surface area contributed by atoms with Crippen molar-refractivity contribution in [3.05, 3.63) is 53.7 Å². The summed E-state index contributed by atoms with van der Waals surface area (Å²) in [7, 11) is 2.12. The van der Waals surface area contributed by atoms with E-state index in [0.29, 0.717) is 25.6 Å². The highest BCUT2D eigenvalue weighted by atomic mass is 32.1. The van der Waals surface area contributed by atoms with Gasteiger partial charge in [0.2, 0.25) is 0 Å². The Hall–Kier alpha value is -3.46. The summed E-state index contributed by atoms with van der Waals surface area (Å²) in [4.78, 5) is 19.2. The maximum absolute atomic E-state index is 12.5. The van der Waals surface area contributed by atoms with Gasteiger partial charge in [0.1, 0.15) is 29.8 Å². The zero-order valence-electron chi connectivity index (χ0n) is 25.2. The third-order valence-electron chi connectivity index (χ3n) is 8.34. The summed E-state index contributed by atoms with van der Waals surface area (Å²) >= 11 is 1.77. The molecule has 8 nitrogen and oxygen atoms in total. The van der Waals surface area contributed by atoms with Crippen molar-refractivity contribution in [3.8, 4) is 23.0 Å². The molecule has 1 saturated heterocycles. The van der Waals surface area contributed by atoms with Crippen molar-refractivity contribution in [1.29, 1.82) is 0 Å². The van der Waals surface area contributed by atoms with Gasteiger partial charge in [-0.25, -0.2) is 9.78 Å². The molecule has 224 valence electrons. The minimum atomic E-state index is -0.484. The average molecular weight is 591 g/mol. The molecule has 3 aromatic heterocycles. The van der Waals surface area contributed by atoms with Crippen molar-refractivity contribution in [2.45, 2.75) is 83.5 Å². The number of carbonyl (C=O) groups excluding carboxylic acids is 1. The molecule has 0 radical (unpaired) electrons. The zero-order chi connectivity index (χ0) is 29.3. The number of hydrogen-bond donors (Lipinski definition) is 0. The quantitative estimate of drug-likeness (QED) is 0.211. The molecule has 1 aromatic carbocycles. The van der Waals surface area contributed by atoms with Gasteiger partial charge in [0.15, 0.2) is 5.82 Å². The van der Waals surface area contributed by atoms with Crippen molar-refractivity contribution >= 4 is 27.6 Å². The molecular weight excluding hydrogens is 548 g/mol. The van der Waals surface area contributed by atoms with E-state index in [1.807, 2.05) is 45.0 Å². The largest absolute Gasteiger partial charge is 0.492 e. The van der Waals surface area contributed by atoms with Crippen molar-refractivity contribution in [3.63, 3.8) is 0 Å². The van der Waals surface area contributed by atoms with Gasteiger partial charge in [0, 0.05) is 44.4 Å². The second kappa shape index (κ2) is 12.0. The topological polar surface area (TPSA) is 70.8 Å². The first kappa shape index (κ1) is 28.6. The Morgan fingerprint density at radius 2 is 1.81 bits per heavy atom. The molecule has 4 heterocycles. The SMILES string of the molecule is Cn1c(-c2ncc(C3CCC3)n2CCOc2ccc(OC3CCCN(C(=O)OC(C)(C)C)CC3)cc2)cc2sccc21. The van der Waals surface area contributed by atoms with E-state index < -0.39 is 5.60 Å². The van der Waals surface area contributed by atoms with Gasteiger partial charge in [-0.2, -0.15) is 0 Å². The van der Waals surface area contributed by atoms with Crippen LogP contribution in [0.15, 0.2) is 48.0 Å². The number of benzene rings is 1. The van der Waals surface area contributed by atoms with E-state index in [9.17, 15) is 4.79 Å². The molecule has 1 atom stereocenters. The fraction of sp³-hybridized carbons (Fsp3) is 0.515. The summed E-state index contributed by atoms with van der Waals surface area (Å²) < 4.78 is 24.0. The molecule has 1 unspecified atom stereocenters. The monoisotopic (exact) mass is 590 g/mol. The summed E-state index contributed by atoms with van der Waals surface area (Å²) in [5.74, 6) is 3.25. The summed E-state index contributed by atoms with van der Waals surface area (Å²) in [5.41, 5.74) is 3.23. The lowest BCUT2D eigenvalue weighted by Crippen LogP contribution is -2.37. The van der Waals surface area contributed by atoms with E-state index in [4.69, 9.17) is 19.2 Å². The molecule has 2 aliphatic rings. The summed E-state index contributed by atoms with van der Waals surface area (Å²) in [6, 6.07) is 12.3. The number of thiophene rings is 1. The zero-order valence-corrected chi connectivity index (χ0v) is 26.0. The Labute approximate surface area is 252 Å². The summed E-state index contributed by atoms with van der Waals surface area (Å²) in [6.07, 6.45) is 8.25. The molecule has 0 bridgehead atoms. The Morgan fingerprint density at radius 1 is 1.02 bits per heavy atom.